The number of amides is 3. The van der Waals surface area contributed by atoms with Crippen LogP contribution < -0.4 is 10.6 Å². The standard InChI is InChI=1S/C28H33F3N6O3/c1-26(2,3)22(35-25(40)28(29,30)31)24(39)37-13-17-19(27(17,4)5)21(37)23(38)34-18(10-32)16-12-33-11-14-8-9-36(20(14)16)15-6-7-15/h8-9,11-12,15,17-19,21-22H,6-7,13H2,1-5H3,(H,34,38)(H,35,40)/t17-,18?,19-,21-,22+/m0/s1. The monoisotopic (exact) mass is 558 g/mol. The summed E-state index contributed by atoms with van der Waals surface area (Å²) in [6.07, 6.45) is 2.07. The van der Waals surface area contributed by atoms with E-state index in [0.717, 1.165) is 23.7 Å². The molecule has 5 atom stereocenters. The Balaban J connectivity index is 1.44. The first-order chi connectivity index (χ1) is 18.6. The number of fused-ring (bicyclic) bond motifs is 2. The third-order valence-corrected chi connectivity index (χ3v) is 8.72. The summed E-state index contributed by atoms with van der Waals surface area (Å²) in [6, 6.07) is 0.822. The van der Waals surface area contributed by atoms with Crippen molar-refractivity contribution in [3.8, 4) is 6.07 Å². The van der Waals surface area contributed by atoms with Crippen LogP contribution in [0.15, 0.2) is 24.7 Å². The van der Waals surface area contributed by atoms with Crippen molar-refractivity contribution in [3.63, 3.8) is 0 Å². The quantitative estimate of drug-likeness (QED) is 0.561. The average molecular weight is 559 g/mol. The van der Waals surface area contributed by atoms with Crippen molar-refractivity contribution in [1.82, 2.24) is 25.1 Å². The van der Waals surface area contributed by atoms with Crippen molar-refractivity contribution in [2.75, 3.05) is 6.54 Å². The predicted octanol–water partition coefficient (Wildman–Crippen LogP) is 3.63. The van der Waals surface area contributed by atoms with Gasteiger partial charge in [-0.1, -0.05) is 34.6 Å². The number of hydrogen-bond donors (Lipinski definition) is 2. The van der Waals surface area contributed by atoms with E-state index in [-0.39, 0.29) is 23.8 Å². The average Bonchev–Trinajstić information content (AvgIpc) is 3.65. The van der Waals surface area contributed by atoms with Crippen molar-refractivity contribution in [1.29, 1.82) is 5.26 Å². The number of aromatic nitrogens is 2. The highest BCUT2D eigenvalue weighted by Gasteiger charge is 2.70. The molecule has 3 amide bonds. The number of carbonyl (C=O) groups is 3. The predicted molar refractivity (Wildman–Crippen MR) is 138 cm³/mol. The number of halogens is 3. The first-order valence-electron chi connectivity index (χ1n) is 13.4. The molecule has 2 aromatic rings. The van der Waals surface area contributed by atoms with Gasteiger partial charge in [-0.25, -0.2) is 0 Å². The van der Waals surface area contributed by atoms with Crippen molar-refractivity contribution < 1.29 is 27.6 Å². The number of piperidine rings is 1. The highest BCUT2D eigenvalue weighted by molar-refractivity contribution is 5.95. The summed E-state index contributed by atoms with van der Waals surface area (Å²) in [5.74, 6) is -3.81. The number of nitriles is 1. The van der Waals surface area contributed by atoms with Crippen molar-refractivity contribution >= 4 is 28.6 Å². The van der Waals surface area contributed by atoms with E-state index in [2.05, 4.69) is 20.9 Å². The summed E-state index contributed by atoms with van der Waals surface area (Å²) in [4.78, 5) is 44.9. The first-order valence-corrected chi connectivity index (χ1v) is 13.4. The van der Waals surface area contributed by atoms with E-state index < -0.39 is 47.4 Å². The topological polar surface area (TPSA) is 120 Å². The van der Waals surface area contributed by atoms with Gasteiger partial charge in [-0.15, -0.1) is 0 Å². The van der Waals surface area contributed by atoms with Gasteiger partial charge in [-0.3, -0.25) is 19.4 Å². The maximum atomic E-state index is 13.8. The summed E-state index contributed by atoms with van der Waals surface area (Å²) in [5, 5.41) is 15.6. The second-order valence-corrected chi connectivity index (χ2v) is 12.9. The highest BCUT2D eigenvalue weighted by atomic mass is 19.4. The Kier molecular flexibility index (Phi) is 6.43. The minimum atomic E-state index is -5.16. The van der Waals surface area contributed by atoms with Gasteiger partial charge in [-0.2, -0.15) is 18.4 Å². The van der Waals surface area contributed by atoms with Crippen molar-refractivity contribution in [2.45, 2.75) is 77.8 Å². The number of nitrogens with one attached hydrogen (secondary N) is 2. The molecule has 1 aliphatic heterocycles. The number of hydrogen-bond acceptors (Lipinski definition) is 5. The molecule has 0 radical (unpaired) electrons. The molecule has 0 spiro atoms. The van der Waals surface area contributed by atoms with Crippen LogP contribution in [0.25, 0.3) is 10.9 Å². The lowest BCUT2D eigenvalue weighted by Gasteiger charge is -2.37. The maximum Gasteiger partial charge on any atom is 0.471 e. The van der Waals surface area contributed by atoms with Crippen molar-refractivity contribution in [2.24, 2.45) is 22.7 Å². The van der Waals surface area contributed by atoms with Crippen LogP contribution in [0.1, 0.15) is 65.1 Å². The van der Waals surface area contributed by atoms with Crippen LogP contribution in [-0.2, 0) is 14.4 Å². The van der Waals surface area contributed by atoms with Crippen LogP contribution >= 0.6 is 0 Å². The van der Waals surface area contributed by atoms with Gasteiger partial charge < -0.3 is 20.1 Å². The van der Waals surface area contributed by atoms with Gasteiger partial charge in [0, 0.05) is 42.1 Å². The van der Waals surface area contributed by atoms with Gasteiger partial charge in [-0.05, 0) is 41.6 Å². The van der Waals surface area contributed by atoms with Crippen LogP contribution in [0.2, 0.25) is 0 Å². The van der Waals surface area contributed by atoms with Gasteiger partial charge in [0.2, 0.25) is 11.8 Å². The zero-order chi connectivity index (χ0) is 29.4. The van der Waals surface area contributed by atoms with E-state index >= 15 is 0 Å². The van der Waals surface area contributed by atoms with Gasteiger partial charge in [0.25, 0.3) is 0 Å². The second kappa shape index (κ2) is 9.21. The molecule has 2 N–H and O–H groups in total. The van der Waals surface area contributed by atoms with E-state index in [9.17, 15) is 32.8 Å². The number of carbonyl (C=O) groups excluding carboxylic acids is 3. The molecule has 12 heteroatoms. The van der Waals surface area contributed by atoms with Gasteiger partial charge >= 0.3 is 12.1 Å². The Labute approximate surface area is 230 Å². The highest BCUT2D eigenvalue weighted by Crippen LogP contribution is 2.65. The Morgan fingerprint density at radius 1 is 1.15 bits per heavy atom. The van der Waals surface area contributed by atoms with Gasteiger partial charge in [0.1, 0.15) is 18.1 Å². The number of likely N-dealkylation sites (tertiary alicyclic amines) is 1. The fourth-order valence-corrected chi connectivity index (χ4v) is 6.26. The molecule has 214 valence electrons. The minimum Gasteiger partial charge on any atom is -0.344 e. The van der Waals surface area contributed by atoms with E-state index in [1.807, 2.05) is 31.4 Å². The lowest BCUT2D eigenvalue weighted by molar-refractivity contribution is -0.176. The van der Waals surface area contributed by atoms with E-state index in [1.54, 1.807) is 33.2 Å². The summed E-state index contributed by atoms with van der Waals surface area (Å²) in [5.41, 5.74) is 0.0236. The Hall–Kier alpha value is -3.62. The molecule has 5 rings (SSSR count). The molecule has 2 saturated carbocycles. The Morgan fingerprint density at radius 3 is 2.40 bits per heavy atom. The molecule has 0 aromatic carbocycles. The number of nitrogens with zero attached hydrogens (tertiary/aromatic N) is 4. The minimum absolute atomic E-state index is 0.0381. The number of alkyl halides is 3. The largest absolute Gasteiger partial charge is 0.471 e. The fourth-order valence-electron chi connectivity index (χ4n) is 6.26. The van der Waals surface area contributed by atoms with Crippen LogP contribution in [0.4, 0.5) is 13.2 Å². The van der Waals surface area contributed by atoms with Gasteiger partial charge in [0.05, 0.1) is 11.6 Å². The van der Waals surface area contributed by atoms with E-state index in [1.165, 1.54) is 4.90 Å². The molecule has 3 aliphatic rings. The zero-order valence-electron chi connectivity index (χ0n) is 23.0. The molecule has 3 heterocycles. The summed E-state index contributed by atoms with van der Waals surface area (Å²) in [6.45, 7) is 8.78. The second-order valence-electron chi connectivity index (χ2n) is 12.9. The van der Waals surface area contributed by atoms with Crippen molar-refractivity contribution in [3.05, 3.63) is 30.2 Å². The van der Waals surface area contributed by atoms with Crippen LogP contribution in [0, 0.1) is 34.0 Å². The van der Waals surface area contributed by atoms with E-state index in [4.69, 9.17) is 0 Å². The molecular weight excluding hydrogens is 525 g/mol. The SMILES string of the molecule is CC(C)(C)[C@H](NC(=O)C(F)(F)F)C(=O)N1C[C@H]2[C@@H]([C@H]1C(=O)NC(C#N)c1cncc3ccn(C4CC4)c13)C2(C)C. The van der Waals surface area contributed by atoms with E-state index in [0.29, 0.717) is 11.6 Å². The molecule has 9 nitrogen and oxygen atoms in total. The first kappa shape index (κ1) is 27.9. The zero-order valence-corrected chi connectivity index (χ0v) is 23.0. The third kappa shape index (κ3) is 4.69. The van der Waals surface area contributed by atoms with Crippen LogP contribution in [0.5, 0.6) is 0 Å². The fraction of sp³-hybridized carbons (Fsp3) is 0.607. The third-order valence-electron chi connectivity index (χ3n) is 8.72. The molecule has 1 unspecified atom stereocenters. The smallest absolute Gasteiger partial charge is 0.344 e. The van der Waals surface area contributed by atoms with Crippen LogP contribution in [-0.4, -0.2) is 57.0 Å². The Morgan fingerprint density at radius 2 is 1.82 bits per heavy atom. The van der Waals surface area contributed by atoms with Gasteiger partial charge in [0.15, 0.2) is 0 Å². The molecule has 2 aromatic heterocycles. The molecule has 0 bridgehead atoms. The molecule has 1 saturated heterocycles. The molecule has 40 heavy (non-hydrogen) atoms. The summed E-state index contributed by atoms with van der Waals surface area (Å²) in [7, 11) is 0. The molecular formula is C28H33F3N6O3. The van der Waals surface area contributed by atoms with Crippen LogP contribution in [0.3, 0.4) is 0 Å². The Bertz CT molecular complexity index is 1410. The lowest BCUT2D eigenvalue weighted by atomic mass is 9.85. The normalized spacial score (nSPS) is 25.1. The maximum absolute atomic E-state index is 13.8. The lowest BCUT2D eigenvalue weighted by Crippen LogP contribution is -2.60. The molecule has 2 aliphatic carbocycles. The summed E-state index contributed by atoms with van der Waals surface area (Å²) < 4.78 is 41.4. The molecule has 3 fully saturated rings. The number of rotatable bonds is 6. The number of pyridine rings is 1. The summed E-state index contributed by atoms with van der Waals surface area (Å²) >= 11 is 0.